The number of unbranched alkanes of at least 4 members (excludes halogenated alkanes) is 1. The van der Waals surface area contributed by atoms with Crippen molar-refractivity contribution in [3.05, 3.63) is 0 Å². The first kappa shape index (κ1) is 10.8. The molecule has 4 heteroatoms. The normalized spacial score (nSPS) is 9.17. The predicted molar refractivity (Wildman–Crippen MR) is 41.6 cm³/mol. The van der Waals surface area contributed by atoms with Crippen LogP contribution in [0.2, 0.25) is 0 Å². The zero-order chi connectivity index (χ0) is 9.56. The fourth-order valence-corrected chi connectivity index (χ4v) is 0.657. The lowest BCUT2D eigenvalue weighted by atomic mass is 10.1. The Morgan fingerprint density at radius 1 is 1.25 bits per heavy atom. The van der Waals surface area contributed by atoms with Crippen LogP contribution in [0.4, 0.5) is 0 Å². The summed E-state index contributed by atoms with van der Waals surface area (Å²) in [6.45, 7) is 1.90. The summed E-state index contributed by atoms with van der Waals surface area (Å²) in [7, 11) is 1.08. The van der Waals surface area contributed by atoms with Gasteiger partial charge in [0, 0.05) is 6.42 Å². The van der Waals surface area contributed by atoms with Crippen LogP contribution in [-0.4, -0.2) is 24.6 Å². The van der Waals surface area contributed by atoms with Crippen molar-refractivity contribution in [2.75, 3.05) is 7.11 Å². The van der Waals surface area contributed by atoms with Gasteiger partial charge in [-0.1, -0.05) is 13.3 Å². The number of carbonyl (C=O) groups is 3. The number of Topliss-reactive ketones (excluding diaryl/α,β-unsaturated/α-hetero) is 2. The summed E-state index contributed by atoms with van der Waals surface area (Å²) in [6, 6.07) is 0. The summed E-state index contributed by atoms with van der Waals surface area (Å²) in [4.78, 5) is 32.1. The number of hydrogen-bond acceptors (Lipinski definition) is 4. The molecule has 0 heterocycles. The Morgan fingerprint density at radius 2 is 1.83 bits per heavy atom. The molecule has 0 aliphatic carbocycles. The highest BCUT2D eigenvalue weighted by molar-refractivity contribution is 6.62. The fourth-order valence-electron chi connectivity index (χ4n) is 0.657. The molecule has 0 N–H and O–H groups in total. The zero-order valence-corrected chi connectivity index (χ0v) is 7.25. The van der Waals surface area contributed by atoms with Gasteiger partial charge in [-0.05, 0) is 6.42 Å². The summed E-state index contributed by atoms with van der Waals surface area (Å²) in [5.74, 6) is -2.79. The van der Waals surface area contributed by atoms with E-state index in [1.54, 1.807) is 0 Å². The molecular formula is C8H12O4. The minimum Gasteiger partial charge on any atom is -0.463 e. The van der Waals surface area contributed by atoms with Crippen LogP contribution >= 0.6 is 0 Å². The third-order valence-electron chi connectivity index (χ3n) is 1.38. The van der Waals surface area contributed by atoms with Crippen LogP contribution in [0.5, 0.6) is 0 Å². The minimum absolute atomic E-state index is 0.129. The van der Waals surface area contributed by atoms with Crippen LogP contribution < -0.4 is 0 Å². The molecule has 0 aliphatic heterocycles. The number of hydrogen-bond donors (Lipinski definition) is 0. The van der Waals surface area contributed by atoms with Crippen LogP contribution in [-0.2, 0) is 19.1 Å². The number of rotatable bonds is 5. The van der Waals surface area contributed by atoms with Crippen molar-refractivity contribution in [3.8, 4) is 0 Å². The second kappa shape index (κ2) is 5.46. The summed E-state index contributed by atoms with van der Waals surface area (Å²) >= 11 is 0. The van der Waals surface area contributed by atoms with Gasteiger partial charge in [0.05, 0.1) is 7.11 Å². The smallest absolute Gasteiger partial charge is 0.382 e. The maximum Gasteiger partial charge on any atom is 0.382 e. The number of esters is 1. The molecule has 0 unspecified atom stereocenters. The maximum absolute atomic E-state index is 10.9. The number of ketones is 2. The molecule has 0 bridgehead atoms. The molecule has 0 atom stereocenters. The lowest BCUT2D eigenvalue weighted by Crippen LogP contribution is -2.24. The summed E-state index contributed by atoms with van der Waals surface area (Å²) < 4.78 is 4.10. The van der Waals surface area contributed by atoms with Crippen molar-refractivity contribution in [2.45, 2.75) is 26.2 Å². The van der Waals surface area contributed by atoms with Crippen LogP contribution in [0.15, 0.2) is 0 Å². The molecule has 0 fully saturated rings. The van der Waals surface area contributed by atoms with Gasteiger partial charge >= 0.3 is 11.8 Å². The van der Waals surface area contributed by atoms with Crippen LogP contribution in [0.25, 0.3) is 0 Å². The molecule has 12 heavy (non-hydrogen) atoms. The first-order valence-electron chi connectivity index (χ1n) is 3.79. The van der Waals surface area contributed by atoms with Crippen molar-refractivity contribution in [3.63, 3.8) is 0 Å². The molecule has 0 aromatic rings. The maximum atomic E-state index is 10.9. The summed E-state index contributed by atoms with van der Waals surface area (Å²) in [6.07, 6.45) is 1.58. The van der Waals surface area contributed by atoms with E-state index in [2.05, 4.69) is 4.74 Å². The number of ether oxygens (including phenoxy) is 1. The Kier molecular flexibility index (Phi) is 4.92. The van der Waals surface area contributed by atoms with E-state index in [9.17, 15) is 14.4 Å². The van der Waals surface area contributed by atoms with Crippen molar-refractivity contribution in [1.82, 2.24) is 0 Å². The molecule has 0 spiro atoms. The quantitative estimate of drug-likeness (QED) is 0.344. The van der Waals surface area contributed by atoms with E-state index < -0.39 is 17.5 Å². The molecule has 0 aliphatic rings. The predicted octanol–water partition coefficient (Wildman–Crippen LogP) is 0.488. The highest BCUT2D eigenvalue weighted by atomic mass is 16.5. The van der Waals surface area contributed by atoms with Crippen LogP contribution in [0, 0.1) is 0 Å². The molecular weight excluding hydrogens is 160 g/mol. The van der Waals surface area contributed by atoms with Crippen molar-refractivity contribution in [2.24, 2.45) is 0 Å². The second-order valence-electron chi connectivity index (χ2n) is 2.35. The van der Waals surface area contributed by atoms with Gasteiger partial charge in [0.25, 0.3) is 0 Å². The largest absolute Gasteiger partial charge is 0.463 e. The third-order valence-corrected chi connectivity index (χ3v) is 1.38. The van der Waals surface area contributed by atoms with Crippen molar-refractivity contribution in [1.29, 1.82) is 0 Å². The Labute approximate surface area is 70.9 Å². The van der Waals surface area contributed by atoms with Crippen molar-refractivity contribution < 1.29 is 19.1 Å². The van der Waals surface area contributed by atoms with Gasteiger partial charge in [-0.15, -0.1) is 0 Å². The van der Waals surface area contributed by atoms with E-state index >= 15 is 0 Å². The highest BCUT2D eigenvalue weighted by Crippen LogP contribution is 1.96. The zero-order valence-electron chi connectivity index (χ0n) is 7.25. The minimum atomic E-state index is -1.07. The SMILES string of the molecule is CCCCC(=O)C(=O)C(=O)OC. The van der Waals surface area contributed by atoms with Crippen LogP contribution in [0.3, 0.4) is 0 Å². The Bertz CT molecular complexity index is 195. The van der Waals surface area contributed by atoms with E-state index in [0.717, 1.165) is 13.5 Å². The van der Waals surface area contributed by atoms with Crippen LogP contribution in [0.1, 0.15) is 26.2 Å². The third kappa shape index (κ3) is 3.27. The van der Waals surface area contributed by atoms with Gasteiger partial charge in [-0.3, -0.25) is 9.59 Å². The van der Waals surface area contributed by atoms with Gasteiger partial charge in [0.15, 0.2) is 0 Å². The van der Waals surface area contributed by atoms with Gasteiger partial charge in [0.2, 0.25) is 5.78 Å². The molecule has 0 aromatic carbocycles. The molecule has 4 nitrogen and oxygen atoms in total. The molecule has 68 valence electrons. The molecule has 0 radical (unpaired) electrons. The molecule has 0 amide bonds. The molecule has 0 saturated heterocycles. The first-order valence-corrected chi connectivity index (χ1v) is 3.79. The Hall–Kier alpha value is -1.19. The van der Waals surface area contributed by atoms with E-state index in [4.69, 9.17) is 0 Å². The average molecular weight is 172 g/mol. The average Bonchev–Trinajstić information content (AvgIpc) is 2.11. The van der Waals surface area contributed by atoms with Gasteiger partial charge in [-0.2, -0.15) is 0 Å². The highest BCUT2D eigenvalue weighted by Gasteiger charge is 2.21. The summed E-state index contributed by atoms with van der Waals surface area (Å²) in [5.41, 5.74) is 0. The summed E-state index contributed by atoms with van der Waals surface area (Å²) in [5, 5.41) is 0. The van der Waals surface area contributed by atoms with E-state index in [1.807, 2.05) is 6.92 Å². The number of carbonyl (C=O) groups excluding carboxylic acids is 3. The molecule has 0 saturated carbocycles. The Balaban J connectivity index is 3.93. The molecule has 0 aromatic heterocycles. The number of methoxy groups -OCH3 is 1. The first-order chi connectivity index (χ1) is 5.63. The van der Waals surface area contributed by atoms with Gasteiger partial charge in [0.1, 0.15) is 0 Å². The lowest BCUT2D eigenvalue weighted by molar-refractivity contribution is -0.155. The standard InChI is InChI=1S/C8H12O4/c1-3-4-5-6(9)7(10)8(11)12-2/h3-5H2,1-2H3. The molecule has 0 rings (SSSR count). The fraction of sp³-hybridized carbons (Fsp3) is 0.625. The van der Waals surface area contributed by atoms with Gasteiger partial charge < -0.3 is 4.74 Å². The second-order valence-corrected chi connectivity index (χ2v) is 2.35. The van der Waals surface area contributed by atoms with E-state index in [-0.39, 0.29) is 6.42 Å². The Morgan fingerprint density at radius 3 is 2.25 bits per heavy atom. The van der Waals surface area contributed by atoms with Crippen molar-refractivity contribution >= 4 is 17.5 Å². The monoisotopic (exact) mass is 172 g/mol. The van der Waals surface area contributed by atoms with Gasteiger partial charge in [-0.25, -0.2) is 4.79 Å². The van der Waals surface area contributed by atoms with E-state index in [0.29, 0.717) is 6.42 Å². The lowest BCUT2D eigenvalue weighted by Gasteiger charge is -1.96. The topological polar surface area (TPSA) is 60.4 Å². The van der Waals surface area contributed by atoms with E-state index in [1.165, 1.54) is 0 Å².